The summed E-state index contributed by atoms with van der Waals surface area (Å²) in [6.07, 6.45) is 1.82. The normalized spacial score (nSPS) is 15.3. The van der Waals surface area contributed by atoms with Gasteiger partial charge in [-0.2, -0.15) is 0 Å². The third kappa shape index (κ3) is 4.94. The number of amides is 1. The summed E-state index contributed by atoms with van der Waals surface area (Å²) in [5.41, 5.74) is 2.40. The second kappa shape index (κ2) is 8.33. The number of benzene rings is 2. The van der Waals surface area contributed by atoms with E-state index in [1.807, 2.05) is 30.3 Å². The predicted octanol–water partition coefficient (Wildman–Crippen LogP) is 3.02. The number of halogens is 1. The summed E-state index contributed by atoms with van der Waals surface area (Å²) in [6.45, 7) is -0.520. The summed E-state index contributed by atoms with van der Waals surface area (Å²) in [7, 11) is 0. The van der Waals surface area contributed by atoms with Crippen molar-refractivity contribution in [1.29, 1.82) is 0 Å². The number of carbonyl (C=O) groups is 2. The van der Waals surface area contributed by atoms with Crippen LogP contribution in [-0.4, -0.2) is 25.1 Å². The molecule has 6 heteroatoms. The fraction of sp³-hybridized carbons (Fsp3) is 0.263. The molecule has 0 saturated heterocycles. The lowest BCUT2D eigenvalue weighted by Crippen LogP contribution is -2.32. The van der Waals surface area contributed by atoms with Crippen LogP contribution in [0.25, 0.3) is 0 Å². The van der Waals surface area contributed by atoms with Crippen LogP contribution in [-0.2, 0) is 20.7 Å². The first-order valence-electron chi connectivity index (χ1n) is 8.03. The van der Waals surface area contributed by atoms with Gasteiger partial charge in [0.25, 0.3) is 5.91 Å². The van der Waals surface area contributed by atoms with Crippen molar-refractivity contribution in [3.05, 3.63) is 63.2 Å². The van der Waals surface area contributed by atoms with Gasteiger partial charge in [0.15, 0.2) is 13.2 Å². The van der Waals surface area contributed by atoms with Crippen molar-refractivity contribution >= 4 is 34.5 Å². The van der Waals surface area contributed by atoms with Gasteiger partial charge in [0.05, 0.1) is 6.04 Å². The first-order valence-corrected chi connectivity index (χ1v) is 9.11. The third-order valence-electron chi connectivity index (χ3n) is 4.00. The number of hydrogen-bond donors (Lipinski definition) is 1. The van der Waals surface area contributed by atoms with Crippen molar-refractivity contribution in [2.24, 2.45) is 0 Å². The molecule has 0 aliphatic heterocycles. The van der Waals surface area contributed by atoms with E-state index in [0.717, 1.165) is 22.0 Å². The van der Waals surface area contributed by atoms with Gasteiger partial charge in [-0.25, -0.2) is 4.79 Å². The Bertz CT molecular complexity index is 760. The van der Waals surface area contributed by atoms with Crippen LogP contribution in [0.1, 0.15) is 23.6 Å². The third-order valence-corrected chi connectivity index (χ3v) is 4.72. The molecule has 1 N–H and O–H groups in total. The molecule has 2 aromatic rings. The highest BCUT2D eigenvalue weighted by molar-refractivity contribution is 14.1. The largest absolute Gasteiger partial charge is 0.482 e. The van der Waals surface area contributed by atoms with E-state index in [9.17, 15) is 9.59 Å². The van der Waals surface area contributed by atoms with Crippen LogP contribution in [0, 0.1) is 3.57 Å². The summed E-state index contributed by atoms with van der Waals surface area (Å²) in [5.74, 6) is -0.283. The Morgan fingerprint density at radius 3 is 2.64 bits per heavy atom. The molecule has 0 spiro atoms. The second-order valence-corrected chi connectivity index (χ2v) is 7.01. The van der Waals surface area contributed by atoms with Crippen molar-refractivity contribution < 1.29 is 19.1 Å². The molecule has 0 fully saturated rings. The Hall–Kier alpha value is -2.09. The van der Waals surface area contributed by atoms with E-state index in [2.05, 4.69) is 34.0 Å². The number of aryl methyl sites for hydroxylation is 1. The molecule has 0 heterocycles. The van der Waals surface area contributed by atoms with Gasteiger partial charge in [-0.15, -0.1) is 0 Å². The van der Waals surface area contributed by atoms with E-state index in [-0.39, 0.29) is 25.2 Å². The molecule has 0 radical (unpaired) electrons. The minimum atomic E-state index is -0.569. The maximum absolute atomic E-state index is 12.0. The minimum Gasteiger partial charge on any atom is -0.482 e. The van der Waals surface area contributed by atoms with Crippen LogP contribution in [0.15, 0.2) is 48.5 Å². The van der Waals surface area contributed by atoms with E-state index in [0.29, 0.717) is 5.75 Å². The molecule has 2 aromatic carbocycles. The lowest BCUT2D eigenvalue weighted by Gasteiger charge is -2.14. The zero-order valence-electron chi connectivity index (χ0n) is 13.5. The molecule has 1 amide bonds. The Balaban J connectivity index is 1.40. The molecule has 0 bridgehead atoms. The summed E-state index contributed by atoms with van der Waals surface area (Å²) < 4.78 is 11.4. The maximum Gasteiger partial charge on any atom is 0.344 e. The summed E-state index contributed by atoms with van der Waals surface area (Å²) in [4.78, 5) is 23.7. The number of hydrogen-bond acceptors (Lipinski definition) is 4. The predicted molar refractivity (Wildman–Crippen MR) is 101 cm³/mol. The van der Waals surface area contributed by atoms with Crippen molar-refractivity contribution in [2.75, 3.05) is 13.2 Å². The van der Waals surface area contributed by atoms with E-state index in [4.69, 9.17) is 9.47 Å². The molecule has 130 valence electrons. The van der Waals surface area contributed by atoms with Crippen LogP contribution in [0.2, 0.25) is 0 Å². The van der Waals surface area contributed by atoms with Crippen LogP contribution in [0.5, 0.6) is 5.75 Å². The quantitative estimate of drug-likeness (QED) is 0.542. The summed E-state index contributed by atoms with van der Waals surface area (Å²) >= 11 is 2.19. The smallest absolute Gasteiger partial charge is 0.344 e. The topological polar surface area (TPSA) is 64.6 Å². The fourth-order valence-corrected chi connectivity index (χ4v) is 3.16. The van der Waals surface area contributed by atoms with Crippen molar-refractivity contribution in [2.45, 2.75) is 18.9 Å². The van der Waals surface area contributed by atoms with Crippen LogP contribution < -0.4 is 10.1 Å². The molecule has 3 rings (SSSR count). The highest BCUT2D eigenvalue weighted by Crippen LogP contribution is 2.30. The minimum absolute atomic E-state index is 0.00885. The van der Waals surface area contributed by atoms with Crippen molar-refractivity contribution in [3.63, 3.8) is 0 Å². The van der Waals surface area contributed by atoms with E-state index in [1.165, 1.54) is 5.56 Å². The number of ether oxygens (including phenoxy) is 2. The van der Waals surface area contributed by atoms with Crippen LogP contribution in [0.3, 0.4) is 0 Å². The molecule has 1 atom stereocenters. The molecule has 1 aliphatic carbocycles. The lowest BCUT2D eigenvalue weighted by molar-refractivity contribution is -0.150. The van der Waals surface area contributed by atoms with Crippen molar-refractivity contribution in [1.82, 2.24) is 5.32 Å². The Labute approximate surface area is 159 Å². The average Bonchev–Trinajstić information content (AvgIpc) is 3.02. The van der Waals surface area contributed by atoms with Gasteiger partial charge in [-0.05, 0) is 70.8 Å². The van der Waals surface area contributed by atoms with Crippen LogP contribution >= 0.6 is 22.6 Å². The molecule has 0 saturated carbocycles. The Kier molecular flexibility index (Phi) is 5.91. The summed E-state index contributed by atoms with van der Waals surface area (Å²) in [5, 5.41) is 2.91. The highest BCUT2D eigenvalue weighted by Gasteiger charge is 2.23. The Morgan fingerprint density at radius 1 is 1.08 bits per heavy atom. The number of rotatable bonds is 6. The Morgan fingerprint density at radius 2 is 1.84 bits per heavy atom. The van der Waals surface area contributed by atoms with Gasteiger partial charge in [0.1, 0.15) is 5.75 Å². The fourth-order valence-electron chi connectivity index (χ4n) is 2.80. The maximum atomic E-state index is 12.0. The number of carbonyl (C=O) groups excluding carboxylic acids is 2. The molecular weight excluding hydrogens is 433 g/mol. The van der Waals surface area contributed by atoms with Crippen LogP contribution in [0.4, 0.5) is 0 Å². The number of nitrogens with one attached hydrogen (secondary N) is 1. The monoisotopic (exact) mass is 451 g/mol. The van der Waals surface area contributed by atoms with Gasteiger partial charge in [0.2, 0.25) is 0 Å². The molecule has 25 heavy (non-hydrogen) atoms. The molecule has 1 aliphatic rings. The molecule has 0 unspecified atom stereocenters. The molecule has 5 nitrogen and oxygen atoms in total. The SMILES string of the molecule is O=C(COC(=O)COc1ccc(I)cc1)N[C@@H]1CCc2ccccc21. The standard InChI is InChI=1S/C19H18INO4/c20-14-6-8-15(9-7-14)24-12-19(23)25-11-18(22)21-17-10-5-13-3-1-2-4-16(13)17/h1-4,6-9,17H,5,10-12H2,(H,21,22)/t17-/m1/s1. The van der Waals surface area contributed by atoms with Gasteiger partial charge < -0.3 is 14.8 Å². The number of fused-ring (bicyclic) bond motifs is 1. The molecular formula is C19H18INO4. The second-order valence-electron chi connectivity index (χ2n) is 5.76. The van der Waals surface area contributed by atoms with Gasteiger partial charge in [-0.3, -0.25) is 4.79 Å². The first-order chi connectivity index (χ1) is 12.1. The van der Waals surface area contributed by atoms with E-state index < -0.39 is 5.97 Å². The van der Waals surface area contributed by atoms with Gasteiger partial charge in [-0.1, -0.05) is 24.3 Å². The zero-order chi connectivity index (χ0) is 17.6. The summed E-state index contributed by atoms with van der Waals surface area (Å²) in [6, 6.07) is 15.4. The van der Waals surface area contributed by atoms with Gasteiger partial charge >= 0.3 is 5.97 Å². The van der Waals surface area contributed by atoms with E-state index >= 15 is 0 Å². The zero-order valence-corrected chi connectivity index (χ0v) is 15.7. The average molecular weight is 451 g/mol. The van der Waals surface area contributed by atoms with E-state index in [1.54, 1.807) is 12.1 Å². The highest BCUT2D eigenvalue weighted by atomic mass is 127. The van der Waals surface area contributed by atoms with Crippen molar-refractivity contribution in [3.8, 4) is 5.75 Å². The lowest BCUT2D eigenvalue weighted by atomic mass is 10.1. The molecule has 0 aromatic heterocycles. The first kappa shape index (κ1) is 17.7. The number of esters is 1. The van der Waals surface area contributed by atoms with Gasteiger partial charge in [0, 0.05) is 3.57 Å².